The van der Waals surface area contributed by atoms with E-state index in [1.807, 2.05) is 6.92 Å². The van der Waals surface area contributed by atoms with Crippen LogP contribution < -0.4 is 0 Å². The quantitative estimate of drug-likeness (QED) is 0.677. The number of fused-ring (bicyclic) bond motifs is 1. The summed E-state index contributed by atoms with van der Waals surface area (Å²) in [6.07, 6.45) is 0. The number of hydrogen-bond acceptors (Lipinski definition) is 2. The second-order valence-corrected chi connectivity index (χ2v) is 4.94. The monoisotopic (exact) mass is 295 g/mol. The maximum atomic E-state index is 13.1. The van der Waals surface area contributed by atoms with Crippen molar-refractivity contribution in [1.82, 2.24) is 15.0 Å². The van der Waals surface area contributed by atoms with Gasteiger partial charge in [-0.1, -0.05) is 23.2 Å². The number of nitrogens with zero attached hydrogens (tertiary/aromatic N) is 2. The molecule has 3 nitrogen and oxygen atoms in total. The highest BCUT2D eigenvalue weighted by Gasteiger charge is 2.11. The minimum atomic E-state index is -0.276. The van der Waals surface area contributed by atoms with Crippen molar-refractivity contribution in [2.75, 3.05) is 0 Å². The van der Waals surface area contributed by atoms with E-state index in [0.717, 1.165) is 11.1 Å². The van der Waals surface area contributed by atoms with Gasteiger partial charge in [0.05, 0.1) is 10.5 Å². The normalized spacial score (nSPS) is 11.2. The summed E-state index contributed by atoms with van der Waals surface area (Å²) in [5.74, 6) is 0.333. The van der Waals surface area contributed by atoms with E-state index in [-0.39, 0.29) is 11.0 Å². The van der Waals surface area contributed by atoms with Gasteiger partial charge in [-0.2, -0.15) is 0 Å². The van der Waals surface area contributed by atoms with Gasteiger partial charge in [-0.3, -0.25) is 0 Å². The topological polar surface area (TPSA) is 41.6 Å². The van der Waals surface area contributed by atoms with E-state index < -0.39 is 0 Å². The van der Waals surface area contributed by atoms with Crippen molar-refractivity contribution >= 4 is 34.4 Å². The highest BCUT2D eigenvalue weighted by Crippen LogP contribution is 2.27. The number of nitrogens with one attached hydrogen (secondary N) is 1. The van der Waals surface area contributed by atoms with Crippen LogP contribution in [0.2, 0.25) is 10.2 Å². The molecule has 0 aliphatic rings. The zero-order valence-electron chi connectivity index (χ0n) is 9.84. The second-order valence-electron chi connectivity index (χ2n) is 4.18. The van der Waals surface area contributed by atoms with Crippen LogP contribution in [0.5, 0.6) is 0 Å². The van der Waals surface area contributed by atoms with Crippen molar-refractivity contribution < 1.29 is 4.39 Å². The number of rotatable bonds is 1. The first-order valence-corrected chi connectivity index (χ1v) is 6.28. The molecule has 2 aromatic heterocycles. The van der Waals surface area contributed by atoms with Gasteiger partial charge < -0.3 is 4.98 Å². The molecule has 0 atom stereocenters. The molecule has 0 spiro atoms. The van der Waals surface area contributed by atoms with Crippen molar-refractivity contribution in [1.29, 1.82) is 0 Å². The summed E-state index contributed by atoms with van der Waals surface area (Å²) in [6.45, 7) is 1.82. The molecule has 0 radical (unpaired) electrons. The van der Waals surface area contributed by atoms with Gasteiger partial charge in [0, 0.05) is 5.56 Å². The molecule has 0 fully saturated rings. The van der Waals surface area contributed by atoms with Crippen LogP contribution in [-0.2, 0) is 0 Å². The van der Waals surface area contributed by atoms with E-state index in [1.165, 1.54) is 12.1 Å². The zero-order chi connectivity index (χ0) is 13.6. The Bertz CT molecular complexity index is 744. The summed E-state index contributed by atoms with van der Waals surface area (Å²) in [5, 5.41) is 0.572. The van der Waals surface area contributed by atoms with Crippen LogP contribution in [0.1, 0.15) is 5.56 Å². The number of aryl methyl sites for hydroxylation is 1. The van der Waals surface area contributed by atoms with Gasteiger partial charge in [0.15, 0.2) is 5.65 Å². The van der Waals surface area contributed by atoms with Crippen LogP contribution in [0.4, 0.5) is 4.39 Å². The Morgan fingerprint density at radius 3 is 2.68 bits per heavy atom. The number of aromatic nitrogens is 3. The van der Waals surface area contributed by atoms with Crippen LogP contribution in [0.25, 0.3) is 22.6 Å². The summed E-state index contributed by atoms with van der Waals surface area (Å²) in [4.78, 5) is 11.5. The predicted octanol–water partition coefficient (Wildman–Crippen LogP) is 4.38. The molecule has 0 amide bonds. The Hall–Kier alpha value is -1.65. The number of H-pyrrole nitrogens is 1. The fourth-order valence-electron chi connectivity index (χ4n) is 1.92. The fraction of sp³-hybridized carbons (Fsp3) is 0.0769. The van der Waals surface area contributed by atoms with Crippen LogP contribution in [0.15, 0.2) is 24.3 Å². The molecular formula is C13H8Cl2FN3. The first kappa shape index (κ1) is 12.4. The van der Waals surface area contributed by atoms with E-state index in [1.54, 1.807) is 12.1 Å². The molecule has 0 bridgehead atoms. The lowest BCUT2D eigenvalue weighted by atomic mass is 10.1. The molecule has 0 saturated carbocycles. The van der Waals surface area contributed by atoms with E-state index >= 15 is 0 Å². The van der Waals surface area contributed by atoms with Crippen LogP contribution in [-0.4, -0.2) is 15.0 Å². The molecule has 19 heavy (non-hydrogen) atoms. The van der Waals surface area contributed by atoms with Gasteiger partial charge in [0.1, 0.15) is 16.8 Å². The lowest BCUT2D eigenvalue weighted by Crippen LogP contribution is -1.86. The van der Waals surface area contributed by atoms with Gasteiger partial charge >= 0.3 is 0 Å². The standard InChI is InChI=1S/C13H8Cl2FN3/c1-6-4-7(16)2-3-8(6)12-17-10-5-9(14)11(15)18-13(10)19-12/h2-5H,1H3,(H,17,18,19). The van der Waals surface area contributed by atoms with E-state index in [2.05, 4.69) is 15.0 Å². The van der Waals surface area contributed by atoms with Gasteiger partial charge in [-0.15, -0.1) is 0 Å². The number of hydrogen-bond donors (Lipinski definition) is 1. The Kier molecular flexibility index (Phi) is 2.92. The van der Waals surface area contributed by atoms with Crippen LogP contribution in [0, 0.1) is 12.7 Å². The highest BCUT2D eigenvalue weighted by atomic mass is 35.5. The maximum absolute atomic E-state index is 13.1. The number of imidazole rings is 1. The van der Waals surface area contributed by atoms with Crippen LogP contribution >= 0.6 is 23.2 Å². The Labute approximate surface area is 118 Å². The molecule has 0 aliphatic carbocycles. The highest BCUT2D eigenvalue weighted by molar-refractivity contribution is 6.41. The summed E-state index contributed by atoms with van der Waals surface area (Å²) < 4.78 is 13.1. The van der Waals surface area contributed by atoms with Crippen molar-refractivity contribution in [3.05, 3.63) is 45.8 Å². The maximum Gasteiger partial charge on any atom is 0.179 e. The SMILES string of the molecule is Cc1cc(F)ccc1-c1nc2nc(Cl)c(Cl)cc2[nH]1. The Morgan fingerprint density at radius 2 is 1.95 bits per heavy atom. The van der Waals surface area contributed by atoms with E-state index in [4.69, 9.17) is 23.2 Å². The number of aromatic amines is 1. The molecule has 96 valence electrons. The van der Waals surface area contributed by atoms with E-state index in [9.17, 15) is 4.39 Å². The molecule has 0 aliphatic heterocycles. The number of benzene rings is 1. The number of pyridine rings is 1. The summed E-state index contributed by atoms with van der Waals surface area (Å²) >= 11 is 11.8. The Morgan fingerprint density at radius 1 is 1.16 bits per heavy atom. The average molecular weight is 296 g/mol. The molecule has 3 aromatic rings. The van der Waals surface area contributed by atoms with Gasteiger partial charge in [-0.25, -0.2) is 14.4 Å². The van der Waals surface area contributed by atoms with Crippen LogP contribution in [0.3, 0.4) is 0 Å². The third-order valence-electron chi connectivity index (χ3n) is 2.83. The zero-order valence-corrected chi connectivity index (χ0v) is 11.3. The molecular weight excluding hydrogens is 288 g/mol. The first-order valence-electron chi connectivity index (χ1n) is 5.53. The summed E-state index contributed by atoms with van der Waals surface area (Å²) in [5.41, 5.74) is 2.77. The Balaban J connectivity index is 2.20. The third kappa shape index (κ3) is 2.17. The fourth-order valence-corrected chi connectivity index (χ4v) is 2.20. The van der Waals surface area contributed by atoms with Crippen molar-refractivity contribution in [2.24, 2.45) is 0 Å². The first-order chi connectivity index (χ1) is 9.04. The largest absolute Gasteiger partial charge is 0.337 e. The molecule has 1 aromatic carbocycles. The van der Waals surface area contributed by atoms with E-state index in [0.29, 0.717) is 22.0 Å². The minimum Gasteiger partial charge on any atom is -0.337 e. The summed E-state index contributed by atoms with van der Waals surface area (Å²) in [7, 11) is 0. The lowest BCUT2D eigenvalue weighted by molar-refractivity contribution is 0.627. The molecule has 0 unspecified atom stereocenters. The van der Waals surface area contributed by atoms with Crippen molar-refractivity contribution in [3.8, 4) is 11.4 Å². The third-order valence-corrected chi connectivity index (χ3v) is 3.50. The predicted molar refractivity (Wildman–Crippen MR) is 74.0 cm³/mol. The van der Waals surface area contributed by atoms with Gasteiger partial charge in [-0.05, 0) is 36.8 Å². The van der Waals surface area contributed by atoms with Crippen molar-refractivity contribution in [3.63, 3.8) is 0 Å². The molecule has 2 heterocycles. The summed E-state index contributed by atoms with van der Waals surface area (Å²) in [6, 6.07) is 6.19. The molecule has 1 N–H and O–H groups in total. The van der Waals surface area contributed by atoms with Crippen molar-refractivity contribution in [2.45, 2.75) is 6.92 Å². The molecule has 6 heteroatoms. The smallest absolute Gasteiger partial charge is 0.179 e. The minimum absolute atomic E-state index is 0.211. The lowest BCUT2D eigenvalue weighted by Gasteiger charge is -2.01. The second kappa shape index (κ2) is 4.47. The average Bonchev–Trinajstić information content (AvgIpc) is 2.72. The number of halogens is 3. The molecule has 0 saturated heterocycles. The van der Waals surface area contributed by atoms with Gasteiger partial charge in [0.25, 0.3) is 0 Å². The molecule has 3 rings (SSSR count). The van der Waals surface area contributed by atoms with Gasteiger partial charge in [0.2, 0.25) is 0 Å².